The molecule has 0 saturated carbocycles. The summed E-state index contributed by atoms with van der Waals surface area (Å²) < 4.78 is 35.4. The Morgan fingerprint density at radius 3 is 2.18 bits per heavy atom. The SMILES string of the molecule is NC(=O)CC[C@H](NC(=O)CC(F)(F)F)C(=O)O. The van der Waals surface area contributed by atoms with E-state index in [4.69, 9.17) is 10.8 Å². The maximum atomic E-state index is 11.8. The largest absolute Gasteiger partial charge is 0.480 e. The molecule has 0 aliphatic carbocycles. The number of hydrogen-bond donors (Lipinski definition) is 3. The molecule has 0 aliphatic heterocycles. The Kier molecular flexibility index (Phi) is 5.42. The standard InChI is InChI=1S/C8H11F3N2O4/c9-8(10,11)3-6(15)13-4(7(16)17)1-2-5(12)14/h4H,1-3H2,(H2,12,14)(H,13,15)(H,16,17)/t4-/m0/s1. The topological polar surface area (TPSA) is 109 Å². The molecule has 0 spiro atoms. The molecule has 2 amide bonds. The second-order valence-electron chi connectivity index (χ2n) is 3.26. The van der Waals surface area contributed by atoms with Crippen molar-refractivity contribution in [3.05, 3.63) is 0 Å². The Hall–Kier alpha value is -1.80. The molecule has 0 unspecified atom stereocenters. The maximum Gasteiger partial charge on any atom is 0.397 e. The number of hydrogen-bond acceptors (Lipinski definition) is 3. The first-order valence-electron chi connectivity index (χ1n) is 4.49. The number of amides is 2. The molecule has 9 heteroatoms. The number of carbonyl (C=O) groups excluding carboxylic acids is 2. The first-order chi connectivity index (χ1) is 7.61. The monoisotopic (exact) mass is 256 g/mol. The number of nitrogens with two attached hydrogens (primary N) is 1. The highest BCUT2D eigenvalue weighted by Gasteiger charge is 2.32. The minimum Gasteiger partial charge on any atom is -0.480 e. The van der Waals surface area contributed by atoms with Gasteiger partial charge < -0.3 is 16.2 Å². The van der Waals surface area contributed by atoms with Gasteiger partial charge >= 0.3 is 12.1 Å². The van der Waals surface area contributed by atoms with Crippen LogP contribution in [0.5, 0.6) is 0 Å². The van der Waals surface area contributed by atoms with Gasteiger partial charge in [-0.05, 0) is 6.42 Å². The van der Waals surface area contributed by atoms with Gasteiger partial charge in [0, 0.05) is 6.42 Å². The van der Waals surface area contributed by atoms with Gasteiger partial charge in [-0.25, -0.2) is 4.79 Å². The quantitative estimate of drug-likeness (QED) is 0.609. The van der Waals surface area contributed by atoms with E-state index in [-0.39, 0.29) is 12.8 Å². The normalized spacial score (nSPS) is 12.9. The molecule has 6 nitrogen and oxygen atoms in total. The third-order valence-corrected chi connectivity index (χ3v) is 1.67. The molecular weight excluding hydrogens is 245 g/mol. The molecule has 0 fully saturated rings. The fourth-order valence-corrected chi connectivity index (χ4v) is 0.971. The van der Waals surface area contributed by atoms with E-state index in [1.54, 1.807) is 5.32 Å². The second-order valence-corrected chi connectivity index (χ2v) is 3.26. The van der Waals surface area contributed by atoms with Gasteiger partial charge in [0.15, 0.2) is 0 Å². The summed E-state index contributed by atoms with van der Waals surface area (Å²) in [6, 6.07) is -1.56. The molecule has 0 aromatic heterocycles. The molecule has 17 heavy (non-hydrogen) atoms. The molecule has 0 aromatic carbocycles. The van der Waals surface area contributed by atoms with Crippen molar-refractivity contribution in [2.45, 2.75) is 31.5 Å². The van der Waals surface area contributed by atoms with Crippen LogP contribution < -0.4 is 11.1 Å². The Morgan fingerprint density at radius 2 is 1.82 bits per heavy atom. The number of carboxylic acid groups (broad SMARTS) is 1. The minimum absolute atomic E-state index is 0.344. The van der Waals surface area contributed by atoms with Crippen LogP contribution >= 0.6 is 0 Å². The molecule has 0 aromatic rings. The maximum absolute atomic E-state index is 11.8. The fraction of sp³-hybridized carbons (Fsp3) is 0.625. The summed E-state index contributed by atoms with van der Waals surface area (Å²) in [6.07, 6.45) is -7.18. The summed E-state index contributed by atoms with van der Waals surface area (Å²) in [5.41, 5.74) is 4.75. The van der Waals surface area contributed by atoms with Crippen LogP contribution in [0.3, 0.4) is 0 Å². The summed E-state index contributed by atoms with van der Waals surface area (Å²) >= 11 is 0. The van der Waals surface area contributed by atoms with Gasteiger partial charge in [0.25, 0.3) is 0 Å². The summed E-state index contributed by atoms with van der Waals surface area (Å²) in [5, 5.41) is 10.2. The van der Waals surface area contributed by atoms with Crippen molar-refractivity contribution in [3.8, 4) is 0 Å². The molecule has 0 aliphatic rings. The number of primary amides is 1. The third-order valence-electron chi connectivity index (χ3n) is 1.67. The van der Waals surface area contributed by atoms with Crippen molar-refractivity contribution in [3.63, 3.8) is 0 Å². The highest BCUT2D eigenvalue weighted by Crippen LogP contribution is 2.19. The summed E-state index contributed by atoms with van der Waals surface area (Å²) in [6.45, 7) is 0. The van der Waals surface area contributed by atoms with Crippen molar-refractivity contribution >= 4 is 17.8 Å². The van der Waals surface area contributed by atoms with Crippen molar-refractivity contribution < 1.29 is 32.7 Å². The average molecular weight is 256 g/mol. The number of carboxylic acids is 1. The summed E-state index contributed by atoms with van der Waals surface area (Å²) in [5.74, 6) is -3.79. The predicted molar refractivity (Wildman–Crippen MR) is 48.7 cm³/mol. The lowest BCUT2D eigenvalue weighted by Crippen LogP contribution is -2.42. The molecular formula is C8H11F3N2O4. The second kappa shape index (κ2) is 6.06. The Balaban J connectivity index is 4.30. The number of rotatable bonds is 6. The summed E-state index contributed by atoms with van der Waals surface area (Å²) in [7, 11) is 0. The van der Waals surface area contributed by atoms with Gasteiger partial charge in [0.05, 0.1) is 0 Å². The molecule has 0 saturated heterocycles. The first kappa shape index (κ1) is 15.2. The van der Waals surface area contributed by atoms with Crippen LogP contribution in [-0.4, -0.2) is 35.1 Å². The van der Waals surface area contributed by atoms with E-state index in [9.17, 15) is 27.6 Å². The van der Waals surface area contributed by atoms with Crippen LogP contribution in [0, 0.1) is 0 Å². The number of nitrogens with one attached hydrogen (secondary N) is 1. The van der Waals surface area contributed by atoms with Gasteiger partial charge in [-0.15, -0.1) is 0 Å². The van der Waals surface area contributed by atoms with E-state index in [1.165, 1.54) is 0 Å². The van der Waals surface area contributed by atoms with Crippen LogP contribution in [0.2, 0.25) is 0 Å². The highest BCUT2D eigenvalue weighted by atomic mass is 19.4. The van der Waals surface area contributed by atoms with E-state index in [1.807, 2.05) is 0 Å². The zero-order valence-electron chi connectivity index (χ0n) is 8.58. The van der Waals surface area contributed by atoms with Crippen molar-refractivity contribution in [1.29, 1.82) is 0 Å². The van der Waals surface area contributed by atoms with Crippen LogP contribution in [0.25, 0.3) is 0 Å². The van der Waals surface area contributed by atoms with Gasteiger partial charge in [-0.2, -0.15) is 13.2 Å². The molecule has 4 N–H and O–H groups in total. The molecule has 0 rings (SSSR count). The van der Waals surface area contributed by atoms with Crippen molar-refractivity contribution in [1.82, 2.24) is 5.32 Å². The minimum atomic E-state index is -4.71. The first-order valence-corrected chi connectivity index (χ1v) is 4.49. The Morgan fingerprint density at radius 1 is 1.29 bits per heavy atom. The Bertz CT molecular complexity index is 316. The van der Waals surface area contributed by atoms with Crippen LogP contribution in [0.1, 0.15) is 19.3 Å². The lowest BCUT2D eigenvalue weighted by atomic mass is 10.1. The number of aliphatic carboxylic acids is 1. The number of alkyl halides is 3. The third kappa shape index (κ3) is 8.05. The van der Waals surface area contributed by atoms with Gasteiger partial charge in [0.1, 0.15) is 12.5 Å². The van der Waals surface area contributed by atoms with E-state index in [2.05, 4.69) is 0 Å². The Labute approximate surface area is 94.0 Å². The van der Waals surface area contributed by atoms with Gasteiger partial charge in [0.2, 0.25) is 11.8 Å². The van der Waals surface area contributed by atoms with Crippen molar-refractivity contribution in [2.75, 3.05) is 0 Å². The van der Waals surface area contributed by atoms with Gasteiger partial charge in [-0.3, -0.25) is 9.59 Å². The average Bonchev–Trinajstić information content (AvgIpc) is 2.08. The highest BCUT2D eigenvalue weighted by molar-refractivity contribution is 5.84. The number of halogens is 3. The van der Waals surface area contributed by atoms with Gasteiger partial charge in [-0.1, -0.05) is 0 Å². The van der Waals surface area contributed by atoms with E-state index >= 15 is 0 Å². The predicted octanol–water partition coefficient (Wildman–Crippen LogP) is -0.226. The summed E-state index contributed by atoms with van der Waals surface area (Å²) in [4.78, 5) is 31.8. The lowest BCUT2D eigenvalue weighted by molar-refractivity contribution is -0.157. The van der Waals surface area contributed by atoms with E-state index in [0.29, 0.717) is 0 Å². The molecule has 0 heterocycles. The van der Waals surface area contributed by atoms with Crippen molar-refractivity contribution in [2.24, 2.45) is 5.73 Å². The molecule has 0 radical (unpaired) electrons. The zero-order valence-corrected chi connectivity index (χ0v) is 8.58. The molecule has 0 bridgehead atoms. The van der Waals surface area contributed by atoms with Crippen LogP contribution in [0.4, 0.5) is 13.2 Å². The molecule has 1 atom stereocenters. The van der Waals surface area contributed by atoms with E-state index in [0.717, 1.165) is 0 Å². The van der Waals surface area contributed by atoms with Crippen LogP contribution in [0.15, 0.2) is 0 Å². The lowest BCUT2D eigenvalue weighted by Gasteiger charge is -2.14. The number of carbonyl (C=O) groups is 3. The van der Waals surface area contributed by atoms with E-state index < -0.39 is 36.4 Å². The molecule has 98 valence electrons. The fourth-order valence-electron chi connectivity index (χ4n) is 0.971. The van der Waals surface area contributed by atoms with Crippen LogP contribution in [-0.2, 0) is 14.4 Å². The zero-order chi connectivity index (χ0) is 13.6. The smallest absolute Gasteiger partial charge is 0.397 e.